The molecule has 7 heteroatoms. The van der Waals surface area contributed by atoms with Gasteiger partial charge in [0.05, 0.1) is 11.8 Å². The Morgan fingerprint density at radius 3 is 2.56 bits per heavy atom. The smallest absolute Gasteiger partial charge is 0.191 e. The highest BCUT2D eigenvalue weighted by molar-refractivity contribution is 14.0. The third-order valence-electron chi connectivity index (χ3n) is 6.36. The van der Waals surface area contributed by atoms with Crippen molar-refractivity contribution in [1.29, 1.82) is 0 Å². The van der Waals surface area contributed by atoms with Gasteiger partial charge in [-0.2, -0.15) is 0 Å². The Morgan fingerprint density at radius 1 is 1.09 bits per heavy atom. The first-order valence-corrected chi connectivity index (χ1v) is 12.6. The van der Waals surface area contributed by atoms with Gasteiger partial charge in [-0.15, -0.1) is 24.0 Å². The average molecular weight is 558 g/mol. The maximum Gasteiger partial charge on any atom is 0.191 e. The van der Waals surface area contributed by atoms with Gasteiger partial charge in [0.25, 0.3) is 0 Å². The standard InChI is InChI=1S/C25H43N5O.HI/c1-2-26-25(28-17-9-10-20-31-24-12-5-3-4-6-13-24)29-22-14-18-30(19-15-22)21-23-11-7-8-16-27-23;/h7-8,11,16,22,24H,2-6,9-10,12-15,17-21H2,1H3,(H2,26,28,29);1H. The van der Waals surface area contributed by atoms with E-state index in [1.54, 1.807) is 0 Å². The van der Waals surface area contributed by atoms with Crippen molar-refractivity contribution in [3.05, 3.63) is 30.1 Å². The van der Waals surface area contributed by atoms with E-state index < -0.39 is 0 Å². The van der Waals surface area contributed by atoms with E-state index >= 15 is 0 Å². The number of hydrogen-bond donors (Lipinski definition) is 2. The Balaban J connectivity index is 0.00000363. The molecule has 1 aliphatic carbocycles. The molecule has 2 aliphatic rings. The minimum atomic E-state index is 0. The van der Waals surface area contributed by atoms with Crippen LogP contribution in [0.3, 0.4) is 0 Å². The fraction of sp³-hybridized carbons (Fsp3) is 0.760. The number of rotatable bonds is 10. The Kier molecular flexibility index (Phi) is 14.2. The minimum absolute atomic E-state index is 0. The number of guanidine groups is 1. The number of nitrogens with zero attached hydrogens (tertiary/aromatic N) is 3. The van der Waals surface area contributed by atoms with Crippen LogP contribution in [0.2, 0.25) is 0 Å². The van der Waals surface area contributed by atoms with E-state index in [2.05, 4.69) is 39.6 Å². The van der Waals surface area contributed by atoms with Crippen LogP contribution in [0.5, 0.6) is 0 Å². The molecule has 2 fully saturated rings. The summed E-state index contributed by atoms with van der Waals surface area (Å²) < 4.78 is 6.10. The second-order valence-electron chi connectivity index (χ2n) is 8.97. The third-order valence-corrected chi connectivity index (χ3v) is 6.36. The summed E-state index contributed by atoms with van der Waals surface area (Å²) in [5.41, 5.74) is 1.16. The van der Waals surface area contributed by atoms with Crippen molar-refractivity contribution in [2.75, 3.05) is 32.8 Å². The lowest BCUT2D eigenvalue weighted by molar-refractivity contribution is 0.0413. The van der Waals surface area contributed by atoms with Crippen LogP contribution in [0.1, 0.15) is 76.8 Å². The zero-order valence-corrected chi connectivity index (χ0v) is 22.3. The zero-order valence-electron chi connectivity index (χ0n) is 19.9. The monoisotopic (exact) mass is 557 g/mol. The quantitative estimate of drug-likeness (QED) is 0.143. The summed E-state index contributed by atoms with van der Waals surface area (Å²) in [7, 11) is 0. The molecule has 0 atom stereocenters. The van der Waals surface area contributed by atoms with Crippen LogP contribution >= 0.6 is 24.0 Å². The fourth-order valence-corrected chi connectivity index (χ4v) is 4.53. The molecule has 0 spiro atoms. The minimum Gasteiger partial charge on any atom is -0.378 e. The lowest BCUT2D eigenvalue weighted by Gasteiger charge is -2.32. The summed E-state index contributed by atoms with van der Waals surface area (Å²) in [6, 6.07) is 6.66. The first kappa shape index (κ1) is 27.3. The first-order chi connectivity index (χ1) is 15.3. The number of nitrogens with one attached hydrogen (secondary N) is 2. The molecule has 1 aromatic heterocycles. The second-order valence-corrected chi connectivity index (χ2v) is 8.97. The molecule has 2 N–H and O–H groups in total. The van der Waals surface area contributed by atoms with Crippen molar-refractivity contribution < 1.29 is 4.74 Å². The molecule has 0 bridgehead atoms. The van der Waals surface area contributed by atoms with Crippen LogP contribution in [0.15, 0.2) is 29.4 Å². The fourth-order valence-electron chi connectivity index (χ4n) is 4.53. The van der Waals surface area contributed by atoms with Crippen molar-refractivity contribution in [2.24, 2.45) is 4.99 Å². The van der Waals surface area contributed by atoms with E-state index in [-0.39, 0.29) is 24.0 Å². The average Bonchev–Trinajstić information content (AvgIpc) is 3.07. The number of ether oxygens (including phenoxy) is 1. The molecule has 0 aromatic carbocycles. The highest BCUT2D eigenvalue weighted by atomic mass is 127. The number of aliphatic imine (C=N–C) groups is 1. The largest absolute Gasteiger partial charge is 0.378 e. The maximum atomic E-state index is 6.10. The number of aromatic nitrogens is 1. The van der Waals surface area contributed by atoms with E-state index in [0.29, 0.717) is 12.1 Å². The van der Waals surface area contributed by atoms with Crippen LogP contribution < -0.4 is 10.6 Å². The molecule has 0 radical (unpaired) electrons. The van der Waals surface area contributed by atoms with Crippen molar-refractivity contribution in [3.63, 3.8) is 0 Å². The van der Waals surface area contributed by atoms with E-state index in [1.165, 1.54) is 38.5 Å². The number of pyridine rings is 1. The van der Waals surface area contributed by atoms with Crippen molar-refractivity contribution in [2.45, 2.75) is 89.8 Å². The van der Waals surface area contributed by atoms with E-state index in [0.717, 1.165) is 76.7 Å². The highest BCUT2D eigenvalue weighted by Crippen LogP contribution is 2.20. The summed E-state index contributed by atoms with van der Waals surface area (Å²) in [5, 5.41) is 7.07. The van der Waals surface area contributed by atoms with Gasteiger partial charge < -0.3 is 15.4 Å². The molecular formula is C25H44IN5O. The van der Waals surface area contributed by atoms with Crippen LogP contribution in [-0.2, 0) is 11.3 Å². The Bertz CT molecular complexity index is 614. The molecular weight excluding hydrogens is 513 g/mol. The second kappa shape index (κ2) is 16.6. The maximum absolute atomic E-state index is 6.10. The molecule has 0 amide bonds. The molecule has 6 nitrogen and oxygen atoms in total. The Hall–Kier alpha value is -0.930. The van der Waals surface area contributed by atoms with E-state index in [9.17, 15) is 0 Å². The van der Waals surface area contributed by atoms with Gasteiger partial charge in [0.1, 0.15) is 0 Å². The van der Waals surface area contributed by atoms with Crippen molar-refractivity contribution in [3.8, 4) is 0 Å². The van der Waals surface area contributed by atoms with Gasteiger partial charge in [0, 0.05) is 51.6 Å². The molecule has 182 valence electrons. The lowest BCUT2D eigenvalue weighted by atomic mass is 10.0. The van der Waals surface area contributed by atoms with Gasteiger partial charge in [0.2, 0.25) is 0 Å². The normalized spacial score (nSPS) is 19.2. The first-order valence-electron chi connectivity index (χ1n) is 12.6. The van der Waals surface area contributed by atoms with Crippen LogP contribution in [-0.4, -0.2) is 60.8 Å². The molecule has 3 rings (SSSR count). The van der Waals surface area contributed by atoms with Crippen LogP contribution in [0.4, 0.5) is 0 Å². The predicted molar refractivity (Wildman–Crippen MR) is 144 cm³/mol. The summed E-state index contributed by atoms with van der Waals surface area (Å²) >= 11 is 0. The van der Waals surface area contributed by atoms with Crippen LogP contribution in [0.25, 0.3) is 0 Å². The molecule has 0 unspecified atom stereocenters. The number of hydrogen-bond acceptors (Lipinski definition) is 4. The van der Waals surface area contributed by atoms with Gasteiger partial charge in [-0.25, -0.2) is 0 Å². The van der Waals surface area contributed by atoms with Gasteiger partial charge in [-0.1, -0.05) is 31.7 Å². The summed E-state index contributed by atoms with van der Waals surface area (Å²) in [5.74, 6) is 0.968. The predicted octanol–water partition coefficient (Wildman–Crippen LogP) is 4.74. The topological polar surface area (TPSA) is 61.8 Å². The molecule has 1 saturated heterocycles. The van der Waals surface area contributed by atoms with E-state index in [4.69, 9.17) is 9.73 Å². The molecule has 1 saturated carbocycles. The van der Waals surface area contributed by atoms with Crippen molar-refractivity contribution >= 4 is 29.9 Å². The van der Waals surface area contributed by atoms with Gasteiger partial charge in [-0.05, 0) is 57.6 Å². The molecule has 32 heavy (non-hydrogen) atoms. The summed E-state index contributed by atoms with van der Waals surface area (Å²) in [6.45, 7) is 7.94. The number of unbranched alkanes of at least 4 members (excludes halogenated alkanes) is 1. The molecule has 1 aliphatic heterocycles. The number of halogens is 1. The SMILES string of the molecule is CCNC(=NCCCCOC1CCCCCC1)NC1CCN(Cc2ccccn2)CC1.I. The molecule has 1 aromatic rings. The molecule has 2 heterocycles. The summed E-state index contributed by atoms with van der Waals surface area (Å²) in [6.07, 6.45) is 14.8. The zero-order chi connectivity index (χ0) is 21.6. The van der Waals surface area contributed by atoms with Crippen LogP contribution in [0, 0.1) is 0 Å². The number of piperidine rings is 1. The van der Waals surface area contributed by atoms with E-state index in [1.807, 2.05) is 12.3 Å². The van der Waals surface area contributed by atoms with Gasteiger partial charge >= 0.3 is 0 Å². The third kappa shape index (κ3) is 10.8. The van der Waals surface area contributed by atoms with Gasteiger partial charge in [-0.3, -0.25) is 14.9 Å². The number of likely N-dealkylation sites (tertiary alicyclic amines) is 1. The Labute approximate surface area is 212 Å². The Morgan fingerprint density at radius 2 is 1.88 bits per heavy atom. The highest BCUT2D eigenvalue weighted by Gasteiger charge is 2.20. The lowest BCUT2D eigenvalue weighted by Crippen LogP contribution is -2.48. The summed E-state index contributed by atoms with van der Waals surface area (Å²) in [4.78, 5) is 11.8. The van der Waals surface area contributed by atoms with Crippen molar-refractivity contribution in [1.82, 2.24) is 20.5 Å². The van der Waals surface area contributed by atoms with Gasteiger partial charge in [0.15, 0.2) is 5.96 Å².